The van der Waals surface area contributed by atoms with Gasteiger partial charge >= 0.3 is 0 Å². The standard InChI is InChI=1S/C14H19N5O2S/c1-7-3-10(18-17-7)4-9-5-19(6-11(9)20)13(21)12-8(2)16-14(15)22-12/h3,9,11,20H,4-6H2,1-2H3,(H2,15,16)(H,17,18)/t9-,11-/m1/s1. The Kier molecular flexibility index (Phi) is 3.88. The largest absolute Gasteiger partial charge is 0.391 e. The summed E-state index contributed by atoms with van der Waals surface area (Å²) in [6.45, 7) is 4.57. The average Bonchev–Trinajstić information content (AvgIpc) is 3.11. The molecular weight excluding hydrogens is 302 g/mol. The molecule has 0 radical (unpaired) electrons. The van der Waals surface area contributed by atoms with Crippen LogP contribution in [0.3, 0.4) is 0 Å². The molecule has 0 aliphatic carbocycles. The van der Waals surface area contributed by atoms with Crippen molar-refractivity contribution >= 4 is 22.4 Å². The maximum atomic E-state index is 12.5. The van der Waals surface area contributed by atoms with Crippen molar-refractivity contribution in [3.8, 4) is 0 Å². The van der Waals surface area contributed by atoms with E-state index in [1.54, 1.807) is 11.8 Å². The SMILES string of the molecule is Cc1cc(C[C@@H]2CN(C(=O)c3sc(N)nc3C)C[C@H]2O)n[nH]1. The van der Waals surface area contributed by atoms with Gasteiger partial charge in [0.1, 0.15) is 4.88 Å². The zero-order chi connectivity index (χ0) is 15.9. The van der Waals surface area contributed by atoms with Gasteiger partial charge in [0.25, 0.3) is 5.91 Å². The molecule has 1 saturated heterocycles. The molecule has 0 spiro atoms. The lowest BCUT2D eigenvalue weighted by molar-refractivity contribution is 0.0768. The monoisotopic (exact) mass is 321 g/mol. The highest BCUT2D eigenvalue weighted by molar-refractivity contribution is 7.17. The number of aliphatic hydroxyl groups excluding tert-OH is 1. The number of aromatic amines is 1. The number of amides is 1. The number of aliphatic hydroxyl groups is 1. The number of β-amino-alcohol motifs (C(OH)–C–C–N with tert-alkyl or cyclic N) is 1. The maximum absolute atomic E-state index is 12.5. The van der Waals surface area contributed by atoms with Gasteiger partial charge in [-0.3, -0.25) is 9.89 Å². The number of likely N-dealkylation sites (tertiary alicyclic amines) is 1. The molecule has 1 amide bonds. The van der Waals surface area contributed by atoms with E-state index in [4.69, 9.17) is 5.73 Å². The normalized spacial score (nSPS) is 21.5. The molecule has 1 aliphatic rings. The summed E-state index contributed by atoms with van der Waals surface area (Å²) in [6.07, 6.45) is 0.116. The molecule has 2 aromatic rings. The number of hydrogen-bond donors (Lipinski definition) is 3. The number of nitrogens with two attached hydrogens (primary N) is 1. The van der Waals surface area contributed by atoms with Gasteiger partial charge in [-0.15, -0.1) is 0 Å². The fourth-order valence-electron chi connectivity index (χ4n) is 2.83. The van der Waals surface area contributed by atoms with Gasteiger partial charge in [-0.05, 0) is 26.3 Å². The van der Waals surface area contributed by atoms with E-state index < -0.39 is 6.10 Å². The predicted octanol–water partition coefficient (Wildman–Crippen LogP) is 0.741. The molecule has 7 nitrogen and oxygen atoms in total. The van der Waals surface area contributed by atoms with Gasteiger partial charge in [0.05, 0.1) is 17.5 Å². The number of nitrogen functional groups attached to an aromatic ring is 1. The summed E-state index contributed by atoms with van der Waals surface area (Å²) in [4.78, 5) is 18.9. The van der Waals surface area contributed by atoms with Crippen LogP contribution in [0.1, 0.15) is 26.8 Å². The highest BCUT2D eigenvalue weighted by Crippen LogP contribution is 2.26. The minimum absolute atomic E-state index is 0.00257. The summed E-state index contributed by atoms with van der Waals surface area (Å²) in [7, 11) is 0. The number of anilines is 1. The van der Waals surface area contributed by atoms with E-state index in [9.17, 15) is 9.90 Å². The number of thiazole rings is 1. The van der Waals surface area contributed by atoms with Crippen LogP contribution in [0.25, 0.3) is 0 Å². The lowest BCUT2D eigenvalue weighted by Crippen LogP contribution is -2.29. The van der Waals surface area contributed by atoms with Crippen molar-refractivity contribution in [2.75, 3.05) is 18.8 Å². The molecule has 22 heavy (non-hydrogen) atoms. The molecule has 2 aromatic heterocycles. The van der Waals surface area contributed by atoms with Crippen LogP contribution >= 0.6 is 11.3 Å². The lowest BCUT2D eigenvalue weighted by atomic mass is 10.0. The first-order chi connectivity index (χ1) is 10.4. The number of carbonyl (C=O) groups excluding carboxylic acids is 1. The van der Waals surface area contributed by atoms with Crippen molar-refractivity contribution in [2.24, 2.45) is 5.92 Å². The molecule has 118 valence electrons. The van der Waals surface area contributed by atoms with Crippen molar-refractivity contribution in [1.29, 1.82) is 0 Å². The van der Waals surface area contributed by atoms with Crippen LogP contribution in [-0.4, -0.2) is 50.3 Å². The number of aromatic nitrogens is 3. The molecule has 0 aromatic carbocycles. The van der Waals surface area contributed by atoms with Crippen LogP contribution in [0.2, 0.25) is 0 Å². The highest BCUT2D eigenvalue weighted by Gasteiger charge is 2.35. The molecule has 1 fully saturated rings. The Morgan fingerprint density at radius 3 is 2.91 bits per heavy atom. The zero-order valence-electron chi connectivity index (χ0n) is 12.5. The highest BCUT2D eigenvalue weighted by atomic mass is 32.1. The number of nitrogens with zero attached hydrogens (tertiary/aromatic N) is 3. The second kappa shape index (κ2) is 5.69. The molecule has 0 bridgehead atoms. The molecule has 8 heteroatoms. The van der Waals surface area contributed by atoms with E-state index in [0.29, 0.717) is 35.2 Å². The van der Waals surface area contributed by atoms with Crippen LogP contribution in [0, 0.1) is 19.8 Å². The first-order valence-electron chi connectivity index (χ1n) is 7.15. The Bertz CT molecular complexity index is 695. The van der Waals surface area contributed by atoms with Crippen LogP contribution in [0.15, 0.2) is 6.07 Å². The quantitative estimate of drug-likeness (QED) is 0.773. The van der Waals surface area contributed by atoms with Crippen LogP contribution in [0.5, 0.6) is 0 Å². The van der Waals surface area contributed by atoms with Crippen LogP contribution < -0.4 is 5.73 Å². The summed E-state index contributed by atoms with van der Waals surface area (Å²) in [5, 5.41) is 17.7. The number of rotatable bonds is 3. The third-order valence-corrected chi connectivity index (χ3v) is 4.91. The second-order valence-corrected chi connectivity index (χ2v) is 6.78. The molecule has 3 heterocycles. The van der Waals surface area contributed by atoms with Crippen molar-refractivity contribution < 1.29 is 9.90 Å². The van der Waals surface area contributed by atoms with Gasteiger partial charge in [0, 0.05) is 24.7 Å². The Morgan fingerprint density at radius 1 is 1.55 bits per heavy atom. The third kappa shape index (κ3) is 2.84. The molecule has 0 unspecified atom stereocenters. The molecule has 3 rings (SSSR count). The number of aryl methyl sites for hydroxylation is 2. The molecular formula is C14H19N5O2S. The van der Waals surface area contributed by atoms with E-state index in [-0.39, 0.29) is 11.8 Å². The Morgan fingerprint density at radius 2 is 2.32 bits per heavy atom. The number of H-pyrrole nitrogens is 1. The van der Waals surface area contributed by atoms with E-state index in [0.717, 1.165) is 11.4 Å². The van der Waals surface area contributed by atoms with Gasteiger partial charge < -0.3 is 15.7 Å². The summed E-state index contributed by atoms with van der Waals surface area (Å²) in [5.41, 5.74) is 8.20. The van der Waals surface area contributed by atoms with E-state index in [1.165, 1.54) is 11.3 Å². The van der Waals surface area contributed by atoms with Crippen LogP contribution in [-0.2, 0) is 6.42 Å². The zero-order valence-corrected chi connectivity index (χ0v) is 13.4. The third-order valence-electron chi connectivity index (χ3n) is 3.93. The summed E-state index contributed by atoms with van der Waals surface area (Å²) < 4.78 is 0. The lowest BCUT2D eigenvalue weighted by Gasteiger charge is -2.15. The van der Waals surface area contributed by atoms with Gasteiger partial charge in [-0.25, -0.2) is 4.98 Å². The molecule has 4 N–H and O–H groups in total. The number of carbonyl (C=O) groups is 1. The Labute approximate surface area is 132 Å². The van der Waals surface area contributed by atoms with Gasteiger partial charge in [0.2, 0.25) is 0 Å². The van der Waals surface area contributed by atoms with Gasteiger partial charge in [-0.1, -0.05) is 11.3 Å². The number of nitrogens with one attached hydrogen (secondary N) is 1. The summed E-state index contributed by atoms with van der Waals surface area (Å²) >= 11 is 1.20. The average molecular weight is 321 g/mol. The van der Waals surface area contributed by atoms with Crippen molar-refractivity contribution in [3.05, 3.63) is 28.0 Å². The van der Waals surface area contributed by atoms with E-state index >= 15 is 0 Å². The minimum Gasteiger partial charge on any atom is -0.391 e. The molecule has 0 saturated carbocycles. The molecule has 1 aliphatic heterocycles. The first-order valence-corrected chi connectivity index (χ1v) is 7.97. The fourth-order valence-corrected chi connectivity index (χ4v) is 3.63. The second-order valence-electron chi connectivity index (χ2n) is 5.75. The Hall–Kier alpha value is -1.93. The maximum Gasteiger partial charge on any atom is 0.266 e. The first kappa shape index (κ1) is 15.0. The van der Waals surface area contributed by atoms with Gasteiger partial charge in [-0.2, -0.15) is 5.10 Å². The fraction of sp³-hybridized carbons (Fsp3) is 0.500. The van der Waals surface area contributed by atoms with E-state index in [1.807, 2.05) is 13.0 Å². The smallest absolute Gasteiger partial charge is 0.266 e. The Balaban J connectivity index is 1.70. The number of hydrogen-bond acceptors (Lipinski definition) is 6. The van der Waals surface area contributed by atoms with Crippen molar-refractivity contribution in [2.45, 2.75) is 26.4 Å². The molecule has 2 atom stereocenters. The summed E-state index contributed by atoms with van der Waals surface area (Å²) in [5.74, 6) is -0.108. The van der Waals surface area contributed by atoms with Crippen molar-refractivity contribution in [1.82, 2.24) is 20.1 Å². The topological polar surface area (TPSA) is 108 Å². The van der Waals surface area contributed by atoms with E-state index in [2.05, 4.69) is 15.2 Å². The minimum atomic E-state index is -0.536. The van der Waals surface area contributed by atoms with Crippen LogP contribution in [0.4, 0.5) is 5.13 Å². The summed E-state index contributed by atoms with van der Waals surface area (Å²) in [6, 6.07) is 1.96. The van der Waals surface area contributed by atoms with Gasteiger partial charge in [0.15, 0.2) is 5.13 Å². The van der Waals surface area contributed by atoms with Crippen molar-refractivity contribution in [3.63, 3.8) is 0 Å². The predicted molar refractivity (Wildman–Crippen MR) is 83.7 cm³/mol.